The van der Waals surface area contributed by atoms with Crippen molar-refractivity contribution in [2.75, 3.05) is 0 Å². The van der Waals surface area contributed by atoms with Crippen molar-refractivity contribution in [3.63, 3.8) is 0 Å². The van der Waals surface area contributed by atoms with Gasteiger partial charge in [0.15, 0.2) is 11.6 Å². The fourth-order valence-electron chi connectivity index (χ4n) is 2.30. The number of allylic oxidation sites excluding steroid dienone is 2. The highest BCUT2D eigenvalue weighted by molar-refractivity contribution is 5.36. The van der Waals surface area contributed by atoms with E-state index in [1.165, 1.54) is 5.57 Å². The van der Waals surface area contributed by atoms with Crippen LogP contribution in [0.5, 0.6) is 0 Å². The van der Waals surface area contributed by atoms with Gasteiger partial charge in [-0.3, -0.25) is 0 Å². The maximum atomic E-state index is 13.6. The van der Waals surface area contributed by atoms with Crippen LogP contribution in [0, 0.1) is 11.6 Å². The van der Waals surface area contributed by atoms with E-state index < -0.39 is 11.6 Å². The van der Waals surface area contributed by atoms with Gasteiger partial charge < -0.3 is 0 Å². The lowest BCUT2D eigenvalue weighted by Crippen LogP contribution is -2.18. The van der Waals surface area contributed by atoms with Gasteiger partial charge in [-0.15, -0.1) is 0 Å². The Kier molecular flexibility index (Phi) is 2.37. The Bertz CT molecular complexity index is 421. The third-order valence-corrected chi connectivity index (χ3v) is 3.17. The van der Waals surface area contributed by atoms with Crippen molar-refractivity contribution in [1.29, 1.82) is 0 Å². The van der Waals surface area contributed by atoms with Gasteiger partial charge in [0.05, 0.1) is 0 Å². The average molecular weight is 208 g/mol. The molecular weight excluding hydrogens is 194 g/mol. The molecule has 0 saturated heterocycles. The minimum absolute atomic E-state index is 0.337. The van der Waals surface area contributed by atoms with Crippen LogP contribution >= 0.6 is 0 Å². The summed E-state index contributed by atoms with van der Waals surface area (Å²) in [6.07, 6.45) is 3.87. The second kappa shape index (κ2) is 3.44. The number of benzene rings is 1. The maximum Gasteiger partial charge on any atom is 0.162 e. The predicted molar refractivity (Wildman–Crippen MR) is 56.7 cm³/mol. The Balaban J connectivity index is 2.50. The quantitative estimate of drug-likeness (QED) is 0.613. The van der Waals surface area contributed by atoms with E-state index in [0.29, 0.717) is 5.56 Å². The van der Waals surface area contributed by atoms with Crippen molar-refractivity contribution in [1.82, 2.24) is 0 Å². The van der Waals surface area contributed by atoms with E-state index in [1.807, 2.05) is 19.9 Å². The molecule has 0 radical (unpaired) electrons. The Morgan fingerprint density at radius 1 is 1.27 bits per heavy atom. The summed E-state index contributed by atoms with van der Waals surface area (Å²) < 4.78 is 26.7. The van der Waals surface area contributed by atoms with Crippen LogP contribution in [-0.2, 0) is 5.41 Å². The summed E-state index contributed by atoms with van der Waals surface area (Å²) in [7, 11) is 0. The molecule has 1 atom stereocenters. The van der Waals surface area contributed by atoms with Gasteiger partial charge in [-0.1, -0.05) is 30.7 Å². The van der Waals surface area contributed by atoms with Crippen molar-refractivity contribution in [3.8, 4) is 0 Å². The highest BCUT2D eigenvalue weighted by Crippen LogP contribution is 2.39. The minimum atomic E-state index is -0.758. The van der Waals surface area contributed by atoms with Crippen molar-refractivity contribution in [3.05, 3.63) is 47.0 Å². The number of hydrogen-bond acceptors (Lipinski definition) is 0. The molecule has 0 nitrogen and oxygen atoms in total. The summed E-state index contributed by atoms with van der Waals surface area (Å²) in [5.74, 6) is -1.46. The van der Waals surface area contributed by atoms with E-state index in [0.717, 1.165) is 18.9 Å². The Morgan fingerprint density at radius 2 is 2.00 bits per heavy atom. The standard InChI is InChI=1S/C13H14F2/c1-9-6-7-13(2,8-9)10-4-3-5-11(14)12(10)15/h3-5,8H,6-7H2,1-2H3/t13-/m1/s1. The molecule has 0 spiro atoms. The van der Waals surface area contributed by atoms with Crippen LogP contribution < -0.4 is 0 Å². The van der Waals surface area contributed by atoms with Crippen LogP contribution in [0.1, 0.15) is 32.3 Å². The molecule has 0 saturated carbocycles. The summed E-state index contributed by atoms with van der Waals surface area (Å²) in [5, 5.41) is 0. The van der Waals surface area contributed by atoms with E-state index >= 15 is 0 Å². The maximum absolute atomic E-state index is 13.6. The van der Waals surface area contributed by atoms with Gasteiger partial charge in [-0.25, -0.2) is 8.78 Å². The number of hydrogen-bond donors (Lipinski definition) is 0. The zero-order valence-electron chi connectivity index (χ0n) is 8.98. The second-order valence-electron chi connectivity index (χ2n) is 4.51. The molecule has 1 aliphatic rings. The molecule has 1 aromatic carbocycles. The highest BCUT2D eigenvalue weighted by Gasteiger charge is 2.31. The Labute approximate surface area is 88.6 Å². The van der Waals surface area contributed by atoms with Crippen LogP contribution in [-0.4, -0.2) is 0 Å². The molecule has 15 heavy (non-hydrogen) atoms. The molecule has 0 bridgehead atoms. The smallest absolute Gasteiger partial charge is 0.162 e. The normalized spacial score (nSPS) is 25.5. The molecule has 0 aromatic heterocycles. The zero-order chi connectivity index (χ0) is 11.1. The second-order valence-corrected chi connectivity index (χ2v) is 4.51. The van der Waals surface area contributed by atoms with Crippen molar-refractivity contribution < 1.29 is 8.78 Å². The molecule has 0 unspecified atom stereocenters. The first-order chi connectivity index (χ1) is 7.03. The van der Waals surface area contributed by atoms with Gasteiger partial charge in [-0.2, -0.15) is 0 Å². The predicted octanol–water partition coefficient (Wildman–Crippen LogP) is 3.96. The van der Waals surface area contributed by atoms with Crippen molar-refractivity contribution in [2.24, 2.45) is 0 Å². The van der Waals surface area contributed by atoms with Crippen LogP contribution in [0.15, 0.2) is 29.8 Å². The van der Waals surface area contributed by atoms with E-state index in [4.69, 9.17) is 0 Å². The van der Waals surface area contributed by atoms with Crippen molar-refractivity contribution >= 4 is 0 Å². The van der Waals surface area contributed by atoms with Crippen LogP contribution in [0.3, 0.4) is 0 Å². The molecule has 0 amide bonds. The van der Waals surface area contributed by atoms with Gasteiger partial charge in [0.1, 0.15) is 0 Å². The molecular formula is C13H14F2. The number of halogens is 2. The number of rotatable bonds is 1. The Morgan fingerprint density at radius 3 is 2.60 bits per heavy atom. The first-order valence-corrected chi connectivity index (χ1v) is 5.16. The molecule has 0 heterocycles. The van der Waals surface area contributed by atoms with Gasteiger partial charge in [0.2, 0.25) is 0 Å². The lowest BCUT2D eigenvalue weighted by atomic mass is 9.82. The topological polar surface area (TPSA) is 0 Å². The average Bonchev–Trinajstić information content (AvgIpc) is 2.52. The lowest BCUT2D eigenvalue weighted by molar-refractivity contribution is 0.465. The zero-order valence-corrected chi connectivity index (χ0v) is 8.98. The minimum Gasteiger partial charge on any atom is -0.204 e. The summed E-state index contributed by atoms with van der Waals surface area (Å²) in [6.45, 7) is 3.99. The van der Waals surface area contributed by atoms with Crippen LogP contribution in [0.4, 0.5) is 8.78 Å². The van der Waals surface area contributed by atoms with Crippen LogP contribution in [0.25, 0.3) is 0 Å². The van der Waals surface area contributed by atoms with Crippen LogP contribution in [0.2, 0.25) is 0 Å². The van der Waals surface area contributed by atoms with E-state index in [9.17, 15) is 8.78 Å². The summed E-state index contributed by atoms with van der Waals surface area (Å²) in [6, 6.07) is 4.40. The first-order valence-electron chi connectivity index (χ1n) is 5.16. The molecule has 1 aromatic rings. The summed E-state index contributed by atoms with van der Waals surface area (Å²) in [4.78, 5) is 0. The Hall–Kier alpha value is -1.18. The summed E-state index contributed by atoms with van der Waals surface area (Å²) in [5.41, 5.74) is 1.39. The largest absolute Gasteiger partial charge is 0.204 e. The molecule has 1 aliphatic carbocycles. The van der Waals surface area contributed by atoms with Gasteiger partial charge >= 0.3 is 0 Å². The molecule has 0 fully saturated rings. The molecule has 80 valence electrons. The third kappa shape index (κ3) is 1.69. The van der Waals surface area contributed by atoms with Gasteiger partial charge in [-0.05, 0) is 25.8 Å². The van der Waals surface area contributed by atoms with E-state index in [2.05, 4.69) is 0 Å². The van der Waals surface area contributed by atoms with Crippen molar-refractivity contribution in [2.45, 2.75) is 32.1 Å². The molecule has 0 N–H and O–H groups in total. The molecule has 2 rings (SSSR count). The SMILES string of the molecule is CC1=C[C@](C)(c2cccc(F)c2F)CC1. The van der Waals surface area contributed by atoms with E-state index in [-0.39, 0.29) is 5.41 Å². The van der Waals surface area contributed by atoms with E-state index in [1.54, 1.807) is 12.1 Å². The fraction of sp³-hybridized carbons (Fsp3) is 0.385. The first kappa shape index (κ1) is 10.3. The monoisotopic (exact) mass is 208 g/mol. The molecule has 0 aliphatic heterocycles. The highest BCUT2D eigenvalue weighted by atomic mass is 19.2. The summed E-state index contributed by atoms with van der Waals surface area (Å²) >= 11 is 0. The molecule has 2 heteroatoms. The fourth-order valence-corrected chi connectivity index (χ4v) is 2.30. The third-order valence-electron chi connectivity index (χ3n) is 3.17. The van der Waals surface area contributed by atoms with Gasteiger partial charge in [0, 0.05) is 11.0 Å². The van der Waals surface area contributed by atoms with Gasteiger partial charge in [0.25, 0.3) is 0 Å². The lowest BCUT2D eigenvalue weighted by Gasteiger charge is -2.22.